The molecule has 1 heterocycles. The van der Waals surface area contributed by atoms with Crippen LogP contribution >= 0.6 is 11.3 Å². The summed E-state index contributed by atoms with van der Waals surface area (Å²) in [6.07, 6.45) is 1.62. The normalized spacial score (nSPS) is 11.8. The topological polar surface area (TPSA) is 68.7 Å². The molecule has 6 nitrogen and oxygen atoms in total. The van der Waals surface area contributed by atoms with E-state index < -0.39 is 6.10 Å². The van der Waals surface area contributed by atoms with Gasteiger partial charge in [-0.3, -0.25) is 9.69 Å². The van der Waals surface area contributed by atoms with Gasteiger partial charge in [0.15, 0.2) is 11.2 Å². The second kappa shape index (κ2) is 8.73. The molecule has 134 valence electrons. The molecule has 0 aliphatic carbocycles. The Bertz CT molecular complexity index is 727. The fourth-order valence-electron chi connectivity index (χ4n) is 2.25. The maximum atomic E-state index is 11.7. The van der Waals surface area contributed by atoms with Gasteiger partial charge in [-0.2, -0.15) is 0 Å². The summed E-state index contributed by atoms with van der Waals surface area (Å²) in [5.41, 5.74) is 1.99. The smallest absolute Gasteiger partial charge is 0.335 e. The van der Waals surface area contributed by atoms with Gasteiger partial charge in [0, 0.05) is 33.2 Å². The molecule has 25 heavy (non-hydrogen) atoms. The number of nitrogens with zero attached hydrogens (tertiary/aromatic N) is 2. The zero-order valence-corrected chi connectivity index (χ0v) is 15.6. The van der Waals surface area contributed by atoms with E-state index in [1.54, 1.807) is 13.2 Å². The highest BCUT2D eigenvalue weighted by atomic mass is 32.1. The number of thiazole rings is 1. The molecule has 2 aromatic rings. The maximum Gasteiger partial charge on any atom is 0.335 e. The van der Waals surface area contributed by atoms with Crippen molar-refractivity contribution in [1.29, 1.82) is 0 Å². The molecular formula is C18H22N2O4S. The molecule has 1 aromatic carbocycles. The average Bonchev–Trinajstić information content (AvgIpc) is 3.10. The van der Waals surface area contributed by atoms with E-state index in [0.717, 1.165) is 16.0 Å². The SMILES string of the molecule is CCO[C@@H](Cc1ccc(-c2cnc(N(C)C(C)=O)s2)cc1)C(=O)OC. The number of anilines is 1. The van der Waals surface area contributed by atoms with Gasteiger partial charge in [0.25, 0.3) is 0 Å². The lowest BCUT2D eigenvalue weighted by Gasteiger charge is -2.14. The van der Waals surface area contributed by atoms with Gasteiger partial charge in [0.05, 0.1) is 12.0 Å². The number of ether oxygens (including phenoxy) is 2. The summed E-state index contributed by atoms with van der Waals surface area (Å²) in [4.78, 5) is 29.9. The summed E-state index contributed by atoms with van der Waals surface area (Å²) in [7, 11) is 3.06. The van der Waals surface area contributed by atoms with Crippen LogP contribution in [0.4, 0.5) is 5.13 Å². The van der Waals surface area contributed by atoms with Gasteiger partial charge in [-0.25, -0.2) is 9.78 Å². The van der Waals surface area contributed by atoms with Crippen LogP contribution in [-0.2, 0) is 25.5 Å². The molecule has 0 fully saturated rings. The molecule has 7 heteroatoms. The fraction of sp³-hybridized carbons (Fsp3) is 0.389. The first-order valence-corrected chi connectivity index (χ1v) is 8.76. The molecule has 0 N–H and O–H groups in total. The van der Waals surface area contributed by atoms with Crippen LogP contribution in [0.2, 0.25) is 0 Å². The van der Waals surface area contributed by atoms with Crippen molar-refractivity contribution in [3.05, 3.63) is 36.0 Å². The van der Waals surface area contributed by atoms with Crippen LogP contribution < -0.4 is 4.90 Å². The van der Waals surface area contributed by atoms with Crippen LogP contribution in [0.15, 0.2) is 30.5 Å². The third-order valence-corrected chi connectivity index (χ3v) is 4.87. The van der Waals surface area contributed by atoms with E-state index in [9.17, 15) is 9.59 Å². The minimum Gasteiger partial charge on any atom is -0.467 e. The van der Waals surface area contributed by atoms with E-state index in [0.29, 0.717) is 18.2 Å². The van der Waals surface area contributed by atoms with Crippen LogP contribution in [0.25, 0.3) is 10.4 Å². The van der Waals surface area contributed by atoms with Gasteiger partial charge in [-0.15, -0.1) is 0 Å². The number of hydrogen-bond acceptors (Lipinski definition) is 6. The van der Waals surface area contributed by atoms with Crippen molar-refractivity contribution in [3.63, 3.8) is 0 Å². The van der Waals surface area contributed by atoms with Crippen molar-refractivity contribution in [1.82, 2.24) is 4.98 Å². The zero-order valence-electron chi connectivity index (χ0n) is 14.8. The predicted octanol–water partition coefficient (Wildman–Crippen LogP) is 2.91. The molecule has 1 aromatic heterocycles. The summed E-state index contributed by atoms with van der Waals surface area (Å²) in [6.45, 7) is 3.80. The highest BCUT2D eigenvalue weighted by molar-refractivity contribution is 7.19. The summed E-state index contributed by atoms with van der Waals surface area (Å²) in [5, 5.41) is 0.661. The van der Waals surface area contributed by atoms with E-state index in [4.69, 9.17) is 9.47 Å². The van der Waals surface area contributed by atoms with Crippen molar-refractivity contribution >= 4 is 28.3 Å². The maximum absolute atomic E-state index is 11.7. The largest absolute Gasteiger partial charge is 0.467 e. The zero-order chi connectivity index (χ0) is 18.4. The second-order valence-corrected chi connectivity index (χ2v) is 6.46. The Morgan fingerprint density at radius 2 is 1.96 bits per heavy atom. The first kappa shape index (κ1) is 19.1. The number of carbonyl (C=O) groups excluding carboxylic acids is 2. The van der Waals surface area contributed by atoms with Gasteiger partial charge in [0.2, 0.25) is 5.91 Å². The highest BCUT2D eigenvalue weighted by Gasteiger charge is 2.20. The third-order valence-electron chi connectivity index (χ3n) is 3.74. The Morgan fingerprint density at radius 1 is 1.28 bits per heavy atom. The molecule has 0 bridgehead atoms. The van der Waals surface area contributed by atoms with E-state index in [1.807, 2.05) is 31.2 Å². The van der Waals surface area contributed by atoms with Crippen LogP contribution in [0.1, 0.15) is 19.4 Å². The van der Waals surface area contributed by atoms with Gasteiger partial charge in [-0.1, -0.05) is 35.6 Å². The summed E-state index contributed by atoms with van der Waals surface area (Å²) < 4.78 is 10.2. The molecule has 0 unspecified atom stereocenters. The van der Waals surface area contributed by atoms with E-state index >= 15 is 0 Å². The molecule has 0 saturated heterocycles. The number of rotatable bonds is 7. The molecule has 0 spiro atoms. The van der Waals surface area contributed by atoms with Gasteiger partial charge < -0.3 is 9.47 Å². The van der Waals surface area contributed by atoms with E-state index in [2.05, 4.69) is 4.98 Å². The monoisotopic (exact) mass is 362 g/mol. The molecular weight excluding hydrogens is 340 g/mol. The minimum absolute atomic E-state index is 0.0546. The van der Waals surface area contributed by atoms with Crippen LogP contribution in [0.3, 0.4) is 0 Å². The lowest BCUT2D eigenvalue weighted by atomic mass is 10.1. The Morgan fingerprint density at radius 3 is 2.52 bits per heavy atom. The lowest BCUT2D eigenvalue weighted by molar-refractivity contribution is -0.153. The van der Waals surface area contributed by atoms with Crippen LogP contribution in [-0.4, -0.2) is 43.7 Å². The Balaban J connectivity index is 2.11. The third kappa shape index (κ3) is 4.87. The van der Waals surface area contributed by atoms with Crippen molar-refractivity contribution in [2.24, 2.45) is 0 Å². The molecule has 0 aliphatic heterocycles. The van der Waals surface area contributed by atoms with E-state index in [1.165, 1.54) is 30.3 Å². The molecule has 0 aliphatic rings. The highest BCUT2D eigenvalue weighted by Crippen LogP contribution is 2.31. The van der Waals surface area contributed by atoms with Crippen LogP contribution in [0.5, 0.6) is 0 Å². The number of aromatic nitrogens is 1. The van der Waals surface area contributed by atoms with Crippen molar-refractivity contribution < 1.29 is 19.1 Å². The van der Waals surface area contributed by atoms with Crippen molar-refractivity contribution in [2.75, 3.05) is 25.7 Å². The average molecular weight is 362 g/mol. The quantitative estimate of drug-likeness (QED) is 0.709. The standard InChI is InChI=1S/C18H22N2O4S/c1-5-24-15(17(22)23-4)10-13-6-8-14(9-7-13)16-11-19-18(25-16)20(3)12(2)21/h6-9,11,15H,5,10H2,1-4H3/t15-/m0/s1. The van der Waals surface area contributed by atoms with Crippen molar-refractivity contribution in [3.8, 4) is 10.4 Å². The van der Waals surface area contributed by atoms with Gasteiger partial charge >= 0.3 is 5.97 Å². The summed E-state index contributed by atoms with van der Waals surface area (Å²) in [6, 6.07) is 7.86. The Kier molecular flexibility index (Phi) is 6.66. The second-order valence-electron chi connectivity index (χ2n) is 5.45. The minimum atomic E-state index is -0.597. The number of hydrogen-bond donors (Lipinski definition) is 0. The predicted molar refractivity (Wildman–Crippen MR) is 97.8 cm³/mol. The number of carbonyl (C=O) groups is 2. The Hall–Kier alpha value is -2.25. The molecule has 2 rings (SSSR count). The van der Waals surface area contributed by atoms with E-state index in [-0.39, 0.29) is 11.9 Å². The molecule has 1 atom stereocenters. The first-order chi connectivity index (χ1) is 12.0. The Labute approximate surface area is 151 Å². The fourth-order valence-corrected chi connectivity index (χ4v) is 3.18. The lowest BCUT2D eigenvalue weighted by Crippen LogP contribution is -2.28. The van der Waals surface area contributed by atoms with Gasteiger partial charge in [-0.05, 0) is 18.1 Å². The first-order valence-electron chi connectivity index (χ1n) is 7.95. The molecule has 0 saturated carbocycles. The summed E-state index contributed by atoms with van der Waals surface area (Å²) >= 11 is 1.45. The number of methoxy groups -OCH3 is 1. The molecule has 0 radical (unpaired) electrons. The molecule has 1 amide bonds. The van der Waals surface area contributed by atoms with Crippen molar-refractivity contribution in [2.45, 2.75) is 26.4 Å². The number of amides is 1. The summed E-state index contributed by atoms with van der Waals surface area (Å²) in [5.74, 6) is -0.425. The number of esters is 1. The number of benzene rings is 1. The van der Waals surface area contributed by atoms with Crippen LogP contribution in [0, 0.1) is 0 Å². The van der Waals surface area contributed by atoms with Gasteiger partial charge in [0.1, 0.15) is 0 Å².